The third kappa shape index (κ3) is 3.70. The first-order chi connectivity index (χ1) is 9.88. The number of hydrogen-bond acceptors (Lipinski definition) is 2. The van der Waals surface area contributed by atoms with Crippen LogP contribution in [-0.4, -0.2) is 15.8 Å². The maximum absolute atomic E-state index is 13.7. The quantitative estimate of drug-likeness (QED) is 0.899. The predicted octanol–water partition coefficient (Wildman–Crippen LogP) is 4.08. The molecule has 2 rings (SSSR count). The van der Waals surface area contributed by atoms with Crippen LogP contribution in [0.3, 0.4) is 0 Å². The highest BCUT2D eigenvalue weighted by Gasteiger charge is 2.14. The van der Waals surface area contributed by atoms with Gasteiger partial charge < -0.3 is 5.32 Å². The van der Waals surface area contributed by atoms with E-state index in [-0.39, 0.29) is 5.82 Å². The fraction of sp³-hybridized carbons (Fsp3) is 0.471. The van der Waals surface area contributed by atoms with Gasteiger partial charge in [0.05, 0.1) is 5.69 Å². The summed E-state index contributed by atoms with van der Waals surface area (Å²) in [7, 11) is 0. The van der Waals surface area contributed by atoms with Gasteiger partial charge >= 0.3 is 0 Å². The maximum Gasteiger partial charge on any atom is 0.123 e. The van der Waals surface area contributed by atoms with Gasteiger partial charge in [-0.3, -0.25) is 4.68 Å². The minimum Gasteiger partial charge on any atom is -0.310 e. The molecule has 0 aliphatic carbocycles. The number of hydrogen-bond donors (Lipinski definition) is 1. The first-order valence-electron chi connectivity index (χ1n) is 7.46. The standard InChI is InChI=1S/C17H24FN3/c1-11(2)19-9-14-6-7-15(18)8-16(14)17-10-21(12(3)4)20-13(17)5/h6-8,10-12,19H,9H2,1-5H3. The van der Waals surface area contributed by atoms with E-state index in [2.05, 4.69) is 38.1 Å². The van der Waals surface area contributed by atoms with E-state index in [1.54, 1.807) is 6.07 Å². The zero-order valence-electron chi connectivity index (χ0n) is 13.4. The van der Waals surface area contributed by atoms with E-state index >= 15 is 0 Å². The highest BCUT2D eigenvalue weighted by atomic mass is 19.1. The molecule has 0 atom stereocenters. The minimum atomic E-state index is -0.213. The van der Waals surface area contributed by atoms with Gasteiger partial charge in [0, 0.05) is 30.4 Å². The molecule has 0 bridgehead atoms. The Labute approximate surface area is 126 Å². The highest BCUT2D eigenvalue weighted by molar-refractivity contribution is 5.69. The molecule has 0 aliphatic heterocycles. The average Bonchev–Trinajstić information content (AvgIpc) is 2.79. The molecule has 0 amide bonds. The maximum atomic E-state index is 13.7. The zero-order valence-corrected chi connectivity index (χ0v) is 13.4. The molecule has 0 saturated carbocycles. The molecule has 3 nitrogen and oxygen atoms in total. The summed E-state index contributed by atoms with van der Waals surface area (Å²) in [6, 6.07) is 5.66. The molecule has 1 N–H and O–H groups in total. The van der Waals surface area contributed by atoms with Crippen LogP contribution in [0.2, 0.25) is 0 Å². The molecular formula is C17H24FN3. The second-order valence-electron chi connectivity index (χ2n) is 6.04. The Morgan fingerprint density at radius 3 is 2.48 bits per heavy atom. The Morgan fingerprint density at radius 1 is 1.19 bits per heavy atom. The Bertz CT molecular complexity index is 614. The van der Waals surface area contributed by atoms with Crippen molar-refractivity contribution >= 4 is 0 Å². The van der Waals surface area contributed by atoms with Crippen LogP contribution in [-0.2, 0) is 6.54 Å². The van der Waals surface area contributed by atoms with Crippen LogP contribution in [0.1, 0.15) is 45.0 Å². The Kier molecular flexibility index (Phi) is 4.78. The van der Waals surface area contributed by atoms with Crippen LogP contribution in [0.4, 0.5) is 4.39 Å². The first-order valence-corrected chi connectivity index (χ1v) is 7.46. The summed E-state index contributed by atoms with van der Waals surface area (Å²) in [6.07, 6.45) is 2.01. The summed E-state index contributed by atoms with van der Waals surface area (Å²) in [4.78, 5) is 0. The number of nitrogens with one attached hydrogen (secondary N) is 1. The highest BCUT2D eigenvalue weighted by Crippen LogP contribution is 2.28. The number of aromatic nitrogens is 2. The third-order valence-corrected chi connectivity index (χ3v) is 3.51. The lowest BCUT2D eigenvalue weighted by Gasteiger charge is -2.12. The second-order valence-corrected chi connectivity index (χ2v) is 6.04. The Morgan fingerprint density at radius 2 is 1.90 bits per heavy atom. The molecular weight excluding hydrogens is 265 g/mol. The summed E-state index contributed by atoms with van der Waals surface area (Å²) < 4.78 is 15.6. The molecule has 0 fully saturated rings. The van der Waals surface area contributed by atoms with Gasteiger partial charge in [0.2, 0.25) is 0 Å². The monoisotopic (exact) mass is 289 g/mol. The largest absolute Gasteiger partial charge is 0.310 e. The van der Waals surface area contributed by atoms with Crippen LogP contribution in [0, 0.1) is 12.7 Å². The molecule has 4 heteroatoms. The lowest BCUT2D eigenvalue weighted by atomic mass is 10.00. The Balaban J connectivity index is 2.44. The Hall–Kier alpha value is -1.68. The predicted molar refractivity (Wildman–Crippen MR) is 84.7 cm³/mol. The van der Waals surface area contributed by atoms with E-state index in [0.29, 0.717) is 12.1 Å². The van der Waals surface area contributed by atoms with Gasteiger partial charge in [-0.25, -0.2) is 4.39 Å². The van der Waals surface area contributed by atoms with Crippen molar-refractivity contribution < 1.29 is 4.39 Å². The van der Waals surface area contributed by atoms with E-state index in [9.17, 15) is 4.39 Å². The topological polar surface area (TPSA) is 29.9 Å². The van der Waals surface area contributed by atoms with Crippen molar-refractivity contribution in [1.82, 2.24) is 15.1 Å². The molecule has 0 aliphatic rings. The lowest BCUT2D eigenvalue weighted by molar-refractivity contribution is 0.529. The summed E-state index contributed by atoms with van der Waals surface area (Å²) >= 11 is 0. The van der Waals surface area contributed by atoms with Crippen LogP contribution in [0.25, 0.3) is 11.1 Å². The van der Waals surface area contributed by atoms with Crippen molar-refractivity contribution in [2.45, 2.75) is 53.2 Å². The van der Waals surface area contributed by atoms with Crippen molar-refractivity contribution in [2.75, 3.05) is 0 Å². The fourth-order valence-corrected chi connectivity index (χ4v) is 2.28. The SMILES string of the molecule is Cc1nn(C(C)C)cc1-c1cc(F)ccc1CNC(C)C. The first kappa shape index (κ1) is 15.7. The normalized spacial score (nSPS) is 11.6. The van der Waals surface area contributed by atoms with Crippen LogP contribution in [0.5, 0.6) is 0 Å². The summed E-state index contributed by atoms with van der Waals surface area (Å²) in [6.45, 7) is 11.1. The van der Waals surface area contributed by atoms with Gasteiger partial charge in [0.25, 0.3) is 0 Å². The van der Waals surface area contributed by atoms with E-state index in [1.807, 2.05) is 23.9 Å². The number of aryl methyl sites for hydroxylation is 1. The molecule has 1 heterocycles. The molecule has 2 aromatic rings. The number of halogens is 1. The van der Waals surface area contributed by atoms with Gasteiger partial charge in [-0.05, 0) is 44.0 Å². The third-order valence-electron chi connectivity index (χ3n) is 3.51. The summed E-state index contributed by atoms with van der Waals surface area (Å²) in [5.74, 6) is -0.213. The molecule has 0 radical (unpaired) electrons. The van der Waals surface area contributed by atoms with Crippen molar-refractivity contribution in [2.24, 2.45) is 0 Å². The molecule has 0 saturated heterocycles. The number of benzene rings is 1. The molecule has 0 spiro atoms. The van der Waals surface area contributed by atoms with Gasteiger partial charge in [-0.2, -0.15) is 5.10 Å². The van der Waals surface area contributed by atoms with Gasteiger partial charge in [0.1, 0.15) is 5.82 Å². The molecule has 1 aromatic heterocycles. The molecule has 114 valence electrons. The van der Waals surface area contributed by atoms with Crippen LogP contribution >= 0.6 is 0 Å². The summed E-state index contributed by atoms with van der Waals surface area (Å²) in [5.41, 5.74) is 3.95. The smallest absolute Gasteiger partial charge is 0.123 e. The van der Waals surface area contributed by atoms with E-state index in [0.717, 1.165) is 28.9 Å². The van der Waals surface area contributed by atoms with Gasteiger partial charge in [-0.1, -0.05) is 19.9 Å². The van der Waals surface area contributed by atoms with Crippen molar-refractivity contribution in [3.8, 4) is 11.1 Å². The van der Waals surface area contributed by atoms with Gasteiger partial charge in [0.15, 0.2) is 0 Å². The van der Waals surface area contributed by atoms with Crippen molar-refractivity contribution in [1.29, 1.82) is 0 Å². The molecule has 1 aromatic carbocycles. The minimum absolute atomic E-state index is 0.213. The fourth-order valence-electron chi connectivity index (χ4n) is 2.28. The van der Waals surface area contributed by atoms with E-state index in [1.165, 1.54) is 6.07 Å². The molecule has 0 unspecified atom stereocenters. The van der Waals surface area contributed by atoms with E-state index in [4.69, 9.17) is 0 Å². The second kappa shape index (κ2) is 6.39. The van der Waals surface area contributed by atoms with Crippen molar-refractivity contribution in [3.05, 3.63) is 41.5 Å². The lowest BCUT2D eigenvalue weighted by Crippen LogP contribution is -2.22. The van der Waals surface area contributed by atoms with Crippen LogP contribution < -0.4 is 5.32 Å². The number of rotatable bonds is 5. The molecule has 21 heavy (non-hydrogen) atoms. The zero-order chi connectivity index (χ0) is 15.6. The van der Waals surface area contributed by atoms with Crippen molar-refractivity contribution in [3.63, 3.8) is 0 Å². The number of nitrogens with zero attached hydrogens (tertiary/aromatic N) is 2. The average molecular weight is 289 g/mol. The van der Waals surface area contributed by atoms with E-state index < -0.39 is 0 Å². The van der Waals surface area contributed by atoms with Crippen LogP contribution in [0.15, 0.2) is 24.4 Å². The summed E-state index contributed by atoms with van der Waals surface area (Å²) in [5, 5.41) is 7.92. The van der Waals surface area contributed by atoms with Gasteiger partial charge in [-0.15, -0.1) is 0 Å².